The normalized spacial score (nSPS) is 28.1. The molecule has 26 heavy (non-hydrogen) atoms. The van der Waals surface area contributed by atoms with E-state index < -0.39 is 0 Å². The quantitative estimate of drug-likeness (QED) is 0.845. The Balaban J connectivity index is 1.36. The van der Waals surface area contributed by atoms with E-state index in [4.69, 9.17) is 9.15 Å². The zero-order valence-electron chi connectivity index (χ0n) is 14.2. The Labute approximate surface area is 149 Å². The molecule has 5 heterocycles. The number of carbonyl (C=O) groups is 2. The summed E-state index contributed by atoms with van der Waals surface area (Å²) >= 11 is 0. The molecule has 3 atom stereocenters. The average Bonchev–Trinajstić information content (AvgIpc) is 3.36. The number of rotatable bonds is 3. The molecular weight excluding hydrogens is 336 g/mol. The molecule has 8 nitrogen and oxygen atoms in total. The first-order chi connectivity index (χ1) is 12.7. The number of fused-ring (bicyclic) bond motifs is 3. The van der Waals surface area contributed by atoms with Crippen LogP contribution in [0, 0.1) is 0 Å². The summed E-state index contributed by atoms with van der Waals surface area (Å²) in [6.07, 6.45) is 4.89. The summed E-state index contributed by atoms with van der Waals surface area (Å²) in [5.74, 6) is 0.140. The lowest BCUT2D eigenvalue weighted by Crippen LogP contribution is -2.43. The van der Waals surface area contributed by atoms with E-state index in [-0.39, 0.29) is 24.5 Å². The van der Waals surface area contributed by atoms with E-state index in [0.717, 1.165) is 18.2 Å². The van der Waals surface area contributed by atoms with Crippen LogP contribution < -0.4 is 15.5 Å². The summed E-state index contributed by atoms with van der Waals surface area (Å²) in [6.45, 7) is 0.990. The third-order valence-electron chi connectivity index (χ3n) is 5.49. The highest BCUT2D eigenvalue weighted by Gasteiger charge is 2.39. The third kappa shape index (κ3) is 2.65. The number of hydrogen-bond donors (Lipinski definition) is 2. The first-order valence-corrected chi connectivity index (χ1v) is 9.02. The number of anilines is 1. The van der Waals surface area contributed by atoms with Gasteiger partial charge in [0.1, 0.15) is 17.9 Å². The minimum absolute atomic E-state index is 0.0561. The molecule has 136 valence electrons. The molecule has 0 spiro atoms. The third-order valence-corrected chi connectivity index (χ3v) is 5.49. The van der Waals surface area contributed by atoms with Crippen LogP contribution in [0.5, 0.6) is 0 Å². The molecule has 0 saturated carbocycles. The molecule has 0 radical (unpaired) electrons. The van der Waals surface area contributed by atoms with Gasteiger partial charge in [0.2, 0.25) is 5.88 Å². The van der Waals surface area contributed by atoms with Crippen LogP contribution in [-0.4, -0.2) is 54.7 Å². The second-order valence-electron chi connectivity index (χ2n) is 7.15. The zero-order valence-corrected chi connectivity index (χ0v) is 14.2. The van der Waals surface area contributed by atoms with Gasteiger partial charge in [-0.15, -0.1) is 0 Å². The van der Waals surface area contributed by atoms with Crippen molar-refractivity contribution < 1.29 is 18.7 Å². The Hall–Kier alpha value is -2.45. The van der Waals surface area contributed by atoms with E-state index >= 15 is 0 Å². The molecule has 0 aromatic carbocycles. The molecule has 8 heteroatoms. The van der Waals surface area contributed by atoms with Crippen molar-refractivity contribution in [3.05, 3.63) is 24.0 Å². The molecule has 3 aliphatic heterocycles. The lowest BCUT2D eigenvalue weighted by atomic mass is 9.95. The van der Waals surface area contributed by atoms with Crippen LogP contribution in [0.15, 0.2) is 22.7 Å². The predicted molar refractivity (Wildman–Crippen MR) is 93.0 cm³/mol. The van der Waals surface area contributed by atoms with Gasteiger partial charge in [-0.1, -0.05) is 0 Å². The molecule has 2 aromatic rings. The predicted octanol–water partition coefficient (Wildman–Crippen LogP) is 0.814. The molecule has 3 fully saturated rings. The summed E-state index contributed by atoms with van der Waals surface area (Å²) in [6, 6.07) is 4.47. The molecule has 2 aromatic heterocycles. The first kappa shape index (κ1) is 15.8. The van der Waals surface area contributed by atoms with E-state index in [1.54, 1.807) is 23.2 Å². The van der Waals surface area contributed by atoms with Gasteiger partial charge in [0.15, 0.2) is 0 Å². The Morgan fingerprint density at radius 2 is 2.27 bits per heavy atom. The summed E-state index contributed by atoms with van der Waals surface area (Å²) < 4.78 is 10.9. The van der Waals surface area contributed by atoms with Gasteiger partial charge in [-0.3, -0.25) is 19.5 Å². The van der Waals surface area contributed by atoms with Crippen LogP contribution in [0.25, 0.3) is 11.0 Å². The maximum absolute atomic E-state index is 12.6. The van der Waals surface area contributed by atoms with Crippen molar-refractivity contribution in [2.75, 3.05) is 24.7 Å². The number of hydrogen-bond acceptors (Lipinski definition) is 6. The molecule has 0 unspecified atom stereocenters. The molecule has 3 aliphatic rings. The van der Waals surface area contributed by atoms with Gasteiger partial charge in [-0.2, -0.15) is 0 Å². The smallest absolute Gasteiger partial charge is 0.270 e. The molecule has 5 rings (SSSR count). The number of morpholine rings is 1. The summed E-state index contributed by atoms with van der Waals surface area (Å²) in [5, 5.41) is 7.35. The van der Waals surface area contributed by atoms with Gasteiger partial charge < -0.3 is 19.8 Å². The number of amides is 2. The van der Waals surface area contributed by atoms with Gasteiger partial charge >= 0.3 is 0 Å². The van der Waals surface area contributed by atoms with Gasteiger partial charge in [0.05, 0.1) is 13.2 Å². The molecule has 3 saturated heterocycles. The van der Waals surface area contributed by atoms with Crippen molar-refractivity contribution in [3.8, 4) is 0 Å². The van der Waals surface area contributed by atoms with Crippen LogP contribution >= 0.6 is 0 Å². The Morgan fingerprint density at radius 3 is 3.04 bits per heavy atom. The topological polar surface area (TPSA) is 96.7 Å². The maximum Gasteiger partial charge on any atom is 0.270 e. The van der Waals surface area contributed by atoms with Crippen LogP contribution in [0.4, 0.5) is 5.88 Å². The number of pyridine rings is 1. The SMILES string of the molecule is O=C(N[C@@H]1C[C@H]2CC[C@@H]1N2)c1cc2oc(N3CCOCC3=O)cc2cn1. The lowest BCUT2D eigenvalue weighted by molar-refractivity contribution is -0.125. The Bertz CT molecular complexity index is 879. The molecular formula is C18H20N4O4. The summed E-state index contributed by atoms with van der Waals surface area (Å²) in [4.78, 5) is 30.3. The number of nitrogens with zero attached hydrogens (tertiary/aromatic N) is 2. The summed E-state index contributed by atoms with van der Waals surface area (Å²) in [7, 11) is 0. The van der Waals surface area contributed by atoms with Crippen molar-refractivity contribution in [3.63, 3.8) is 0 Å². The zero-order chi connectivity index (χ0) is 17.7. The van der Waals surface area contributed by atoms with Crippen molar-refractivity contribution in [2.24, 2.45) is 0 Å². The lowest BCUT2D eigenvalue weighted by Gasteiger charge is -2.23. The average molecular weight is 356 g/mol. The second-order valence-corrected chi connectivity index (χ2v) is 7.15. The fraction of sp³-hybridized carbons (Fsp3) is 0.500. The number of aromatic nitrogens is 1. The highest BCUT2D eigenvalue weighted by molar-refractivity contribution is 5.98. The maximum atomic E-state index is 12.6. The number of nitrogens with one attached hydrogen (secondary N) is 2. The van der Waals surface area contributed by atoms with Gasteiger partial charge in [0, 0.05) is 41.8 Å². The number of ether oxygens (including phenoxy) is 1. The van der Waals surface area contributed by atoms with Crippen LogP contribution in [0.3, 0.4) is 0 Å². The minimum atomic E-state index is -0.188. The Morgan fingerprint density at radius 1 is 1.35 bits per heavy atom. The monoisotopic (exact) mass is 356 g/mol. The van der Waals surface area contributed by atoms with Gasteiger partial charge in [-0.25, -0.2) is 0 Å². The largest absolute Gasteiger partial charge is 0.440 e. The highest BCUT2D eigenvalue weighted by Crippen LogP contribution is 2.29. The van der Waals surface area contributed by atoms with Crippen LogP contribution in [0.1, 0.15) is 29.8 Å². The molecule has 2 N–H and O–H groups in total. The second kappa shape index (κ2) is 6.07. The number of carbonyl (C=O) groups excluding carboxylic acids is 2. The van der Waals surface area contributed by atoms with Crippen molar-refractivity contribution in [1.29, 1.82) is 0 Å². The van der Waals surface area contributed by atoms with E-state index in [0.29, 0.717) is 42.4 Å². The van der Waals surface area contributed by atoms with Crippen LogP contribution in [-0.2, 0) is 9.53 Å². The fourth-order valence-electron chi connectivity index (χ4n) is 4.15. The minimum Gasteiger partial charge on any atom is -0.440 e. The van der Waals surface area contributed by atoms with Gasteiger partial charge in [-0.05, 0) is 19.3 Å². The van der Waals surface area contributed by atoms with Crippen LogP contribution in [0.2, 0.25) is 0 Å². The van der Waals surface area contributed by atoms with E-state index in [1.165, 1.54) is 6.42 Å². The Kier molecular flexibility index (Phi) is 3.68. The standard InChI is InChI=1S/C18H20N4O4/c23-16-9-25-4-3-22(16)17-5-10-8-19-14(7-15(10)26-17)18(24)21-13-6-11-1-2-12(13)20-11/h5,7-8,11-13,20H,1-4,6,9H2,(H,21,24)/t11-,12+,13-/m1/s1. The van der Waals surface area contributed by atoms with E-state index in [2.05, 4.69) is 15.6 Å². The molecule has 2 bridgehead atoms. The first-order valence-electron chi connectivity index (χ1n) is 9.02. The fourth-order valence-corrected chi connectivity index (χ4v) is 4.15. The van der Waals surface area contributed by atoms with Gasteiger partial charge in [0.25, 0.3) is 11.8 Å². The molecule has 0 aliphatic carbocycles. The highest BCUT2D eigenvalue weighted by atomic mass is 16.5. The van der Waals surface area contributed by atoms with Crippen molar-refractivity contribution in [1.82, 2.24) is 15.6 Å². The molecule has 2 amide bonds. The van der Waals surface area contributed by atoms with E-state index in [1.807, 2.05) is 0 Å². The van der Waals surface area contributed by atoms with Crippen molar-refractivity contribution >= 4 is 28.7 Å². The van der Waals surface area contributed by atoms with E-state index in [9.17, 15) is 9.59 Å². The van der Waals surface area contributed by atoms with Crippen molar-refractivity contribution in [2.45, 2.75) is 37.4 Å². The summed E-state index contributed by atoms with van der Waals surface area (Å²) in [5.41, 5.74) is 0.875. The number of furan rings is 1.